The van der Waals surface area contributed by atoms with E-state index in [1.165, 1.54) is 12.4 Å². The van der Waals surface area contributed by atoms with E-state index in [-0.39, 0.29) is 11.6 Å². The van der Waals surface area contributed by atoms with Gasteiger partial charge in [-0.3, -0.25) is 4.79 Å². The molecule has 2 heterocycles. The molecule has 1 aromatic carbocycles. The molecule has 0 fully saturated rings. The Bertz CT molecular complexity index is 710. The van der Waals surface area contributed by atoms with Gasteiger partial charge in [-0.15, -0.1) is 0 Å². The number of hydrogen-bond acceptors (Lipinski definition) is 5. The first-order chi connectivity index (χ1) is 9.83. The molecule has 0 aliphatic rings. The van der Waals surface area contributed by atoms with Gasteiger partial charge in [0.05, 0.1) is 18.1 Å². The third-order valence-electron chi connectivity index (χ3n) is 2.64. The van der Waals surface area contributed by atoms with E-state index in [0.717, 1.165) is 5.56 Å². The van der Waals surface area contributed by atoms with Gasteiger partial charge in [0.2, 0.25) is 0 Å². The van der Waals surface area contributed by atoms with Crippen LogP contribution in [0.1, 0.15) is 10.5 Å². The largest absolute Gasteiger partial charge is 0.355 e. The molecule has 0 spiro atoms. The first-order valence-corrected chi connectivity index (χ1v) is 5.93. The highest BCUT2D eigenvalue weighted by Crippen LogP contribution is 2.20. The minimum Gasteiger partial charge on any atom is -0.355 e. The van der Waals surface area contributed by atoms with Crippen molar-refractivity contribution in [1.29, 1.82) is 0 Å². The molecule has 6 heteroatoms. The van der Waals surface area contributed by atoms with Crippen LogP contribution < -0.4 is 5.32 Å². The Balaban J connectivity index is 1.79. The molecule has 0 aliphatic carbocycles. The molecule has 0 aliphatic heterocycles. The van der Waals surface area contributed by atoms with Crippen molar-refractivity contribution in [2.45, 2.75) is 0 Å². The van der Waals surface area contributed by atoms with E-state index in [9.17, 15) is 4.79 Å². The maximum absolute atomic E-state index is 12.0. The Labute approximate surface area is 114 Å². The number of rotatable bonds is 3. The van der Waals surface area contributed by atoms with E-state index >= 15 is 0 Å². The van der Waals surface area contributed by atoms with Gasteiger partial charge in [0.15, 0.2) is 11.5 Å². The molecule has 0 saturated heterocycles. The maximum atomic E-state index is 12.0. The number of amides is 1. The first kappa shape index (κ1) is 12.0. The Morgan fingerprint density at radius 3 is 2.70 bits per heavy atom. The summed E-state index contributed by atoms with van der Waals surface area (Å²) in [5.74, 6) is 0.188. The highest BCUT2D eigenvalue weighted by molar-refractivity contribution is 6.03. The molecule has 20 heavy (non-hydrogen) atoms. The highest BCUT2D eigenvalue weighted by atomic mass is 16.5. The summed E-state index contributed by atoms with van der Waals surface area (Å²) in [6.07, 6.45) is 2.95. The van der Waals surface area contributed by atoms with Crippen molar-refractivity contribution in [2.24, 2.45) is 0 Å². The minimum atomic E-state index is -0.357. The summed E-state index contributed by atoms with van der Waals surface area (Å²) in [4.78, 5) is 12.0. The average Bonchev–Trinajstić information content (AvgIpc) is 2.99. The molecule has 1 N–H and O–H groups in total. The SMILES string of the molecule is O=C(Nc1ccnnc1)c1cc(-c2ccccc2)on1. The summed E-state index contributed by atoms with van der Waals surface area (Å²) in [5, 5.41) is 13.7. The fourth-order valence-electron chi connectivity index (χ4n) is 1.68. The van der Waals surface area contributed by atoms with E-state index in [1.807, 2.05) is 30.3 Å². The van der Waals surface area contributed by atoms with Gasteiger partial charge in [-0.2, -0.15) is 10.2 Å². The molecule has 1 amide bonds. The van der Waals surface area contributed by atoms with Crippen LogP contribution in [0.4, 0.5) is 5.69 Å². The zero-order chi connectivity index (χ0) is 13.8. The third kappa shape index (κ3) is 2.54. The minimum absolute atomic E-state index is 0.209. The lowest BCUT2D eigenvalue weighted by molar-refractivity contribution is 0.101. The number of nitrogens with zero attached hydrogens (tertiary/aromatic N) is 3. The second-order valence-corrected chi connectivity index (χ2v) is 4.03. The second kappa shape index (κ2) is 5.31. The summed E-state index contributed by atoms with van der Waals surface area (Å²) in [7, 11) is 0. The number of carbonyl (C=O) groups is 1. The second-order valence-electron chi connectivity index (χ2n) is 4.03. The van der Waals surface area contributed by atoms with Crippen LogP contribution in [0.3, 0.4) is 0 Å². The van der Waals surface area contributed by atoms with Gasteiger partial charge in [-0.1, -0.05) is 35.5 Å². The number of carbonyl (C=O) groups excluding carboxylic acids is 1. The third-order valence-corrected chi connectivity index (χ3v) is 2.64. The summed E-state index contributed by atoms with van der Waals surface area (Å²) in [6.45, 7) is 0. The number of aromatic nitrogens is 3. The van der Waals surface area contributed by atoms with Crippen molar-refractivity contribution in [3.05, 3.63) is 60.6 Å². The maximum Gasteiger partial charge on any atom is 0.277 e. The topological polar surface area (TPSA) is 80.9 Å². The smallest absolute Gasteiger partial charge is 0.277 e. The molecule has 6 nitrogen and oxygen atoms in total. The zero-order valence-electron chi connectivity index (χ0n) is 10.4. The molecule has 98 valence electrons. The standard InChI is InChI=1S/C14H10N4O2/c19-14(17-11-6-7-15-16-9-11)12-8-13(20-18-12)10-4-2-1-3-5-10/h1-9H,(H,15,17,19). The number of benzene rings is 1. The van der Waals surface area contributed by atoms with Crippen LogP contribution in [0.2, 0.25) is 0 Å². The van der Waals surface area contributed by atoms with Crippen LogP contribution in [0.15, 0.2) is 59.4 Å². The number of hydrogen-bond donors (Lipinski definition) is 1. The molecular weight excluding hydrogens is 256 g/mol. The van der Waals surface area contributed by atoms with Crippen molar-refractivity contribution < 1.29 is 9.32 Å². The Hall–Kier alpha value is -3.02. The van der Waals surface area contributed by atoms with Crippen LogP contribution in [-0.4, -0.2) is 21.3 Å². The molecule has 0 bridgehead atoms. The Kier molecular flexibility index (Phi) is 3.20. The summed E-state index contributed by atoms with van der Waals surface area (Å²) >= 11 is 0. The van der Waals surface area contributed by atoms with E-state index in [0.29, 0.717) is 11.4 Å². The molecule has 0 saturated carbocycles. The Morgan fingerprint density at radius 1 is 1.10 bits per heavy atom. The van der Waals surface area contributed by atoms with Crippen molar-refractivity contribution in [3.8, 4) is 11.3 Å². The van der Waals surface area contributed by atoms with Gasteiger partial charge >= 0.3 is 0 Å². The van der Waals surface area contributed by atoms with E-state index in [2.05, 4.69) is 20.7 Å². The zero-order valence-corrected chi connectivity index (χ0v) is 10.4. The summed E-state index contributed by atoms with van der Waals surface area (Å²) < 4.78 is 5.17. The lowest BCUT2D eigenvalue weighted by atomic mass is 10.1. The highest BCUT2D eigenvalue weighted by Gasteiger charge is 2.13. The predicted molar refractivity (Wildman–Crippen MR) is 71.9 cm³/mol. The van der Waals surface area contributed by atoms with Crippen LogP contribution >= 0.6 is 0 Å². The molecule has 0 radical (unpaired) electrons. The molecule has 0 atom stereocenters. The first-order valence-electron chi connectivity index (χ1n) is 5.93. The molecule has 0 unspecified atom stereocenters. The number of nitrogens with one attached hydrogen (secondary N) is 1. The van der Waals surface area contributed by atoms with Gasteiger partial charge in [0.25, 0.3) is 5.91 Å². The molecule has 3 rings (SSSR count). The monoisotopic (exact) mass is 266 g/mol. The fraction of sp³-hybridized carbons (Fsp3) is 0. The predicted octanol–water partition coefficient (Wildman–Crippen LogP) is 2.38. The Morgan fingerprint density at radius 2 is 1.95 bits per heavy atom. The van der Waals surface area contributed by atoms with Gasteiger partial charge in [-0.25, -0.2) is 0 Å². The molecule has 3 aromatic rings. The lowest BCUT2D eigenvalue weighted by Gasteiger charge is -1.99. The van der Waals surface area contributed by atoms with Gasteiger partial charge in [0, 0.05) is 11.6 Å². The van der Waals surface area contributed by atoms with Crippen molar-refractivity contribution in [1.82, 2.24) is 15.4 Å². The van der Waals surface area contributed by atoms with Crippen LogP contribution in [-0.2, 0) is 0 Å². The summed E-state index contributed by atoms with van der Waals surface area (Å²) in [6, 6.07) is 12.7. The van der Waals surface area contributed by atoms with Crippen molar-refractivity contribution in [2.75, 3.05) is 5.32 Å². The van der Waals surface area contributed by atoms with Crippen LogP contribution in [0, 0.1) is 0 Å². The lowest BCUT2D eigenvalue weighted by Crippen LogP contribution is -2.12. The molecule has 2 aromatic heterocycles. The quantitative estimate of drug-likeness (QED) is 0.787. The number of anilines is 1. The van der Waals surface area contributed by atoms with Crippen LogP contribution in [0.25, 0.3) is 11.3 Å². The average molecular weight is 266 g/mol. The molecular formula is C14H10N4O2. The van der Waals surface area contributed by atoms with Gasteiger partial charge < -0.3 is 9.84 Å². The van der Waals surface area contributed by atoms with Crippen LogP contribution in [0.5, 0.6) is 0 Å². The van der Waals surface area contributed by atoms with Gasteiger partial charge in [0.1, 0.15) is 0 Å². The normalized spacial score (nSPS) is 10.2. The van der Waals surface area contributed by atoms with Crippen molar-refractivity contribution >= 4 is 11.6 Å². The summed E-state index contributed by atoms with van der Waals surface area (Å²) in [5.41, 5.74) is 1.62. The van der Waals surface area contributed by atoms with Gasteiger partial charge in [-0.05, 0) is 6.07 Å². The fourth-order valence-corrected chi connectivity index (χ4v) is 1.68. The van der Waals surface area contributed by atoms with Crippen molar-refractivity contribution in [3.63, 3.8) is 0 Å². The van der Waals surface area contributed by atoms with E-state index in [1.54, 1.807) is 12.1 Å². The van der Waals surface area contributed by atoms with E-state index < -0.39 is 0 Å². The van der Waals surface area contributed by atoms with E-state index in [4.69, 9.17) is 4.52 Å².